The van der Waals surface area contributed by atoms with Crippen molar-refractivity contribution in [3.63, 3.8) is 0 Å². The van der Waals surface area contributed by atoms with E-state index >= 15 is 0 Å². The number of thiophene rings is 1. The van der Waals surface area contributed by atoms with E-state index in [1.807, 2.05) is 17.5 Å². The molecule has 6 nitrogen and oxygen atoms in total. The van der Waals surface area contributed by atoms with Gasteiger partial charge < -0.3 is 4.90 Å². The van der Waals surface area contributed by atoms with Crippen molar-refractivity contribution >= 4 is 17.2 Å². The molecule has 2 aromatic heterocycles. The van der Waals surface area contributed by atoms with Gasteiger partial charge in [-0.05, 0) is 54.5 Å². The Kier molecular flexibility index (Phi) is 4.89. The van der Waals surface area contributed by atoms with E-state index in [0.29, 0.717) is 31.0 Å². The van der Waals surface area contributed by atoms with Crippen molar-refractivity contribution in [1.29, 1.82) is 0 Å². The van der Waals surface area contributed by atoms with Gasteiger partial charge in [0.1, 0.15) is 16.6 Å². The number of piperidine rings is 1. The van der Waals surface area contributed by atoms with Crippen LogP contribution in [0.5, 0.6) is 0 Å². The largest absolute Gasteiger partial charge is 0.348 e. The second-order valence-electron chi connectivity index (χ2n) is 6.68. The first-order chi connectivity index (χ1) is 13.1. The molecule has 0 aliphatic carbocycles. The molecule has 1 aliphatic heterocycles. The van der Waals surface area contributed by atoms with Crippen LogP contribution in [0.1, 0.15) is 29.0 Å². The van der Waals surface area contributed by atoms with Crippen LogP contribution in [0.3, 0.4) is 0 Å². The summed E-state index contributed by atoms with van der Waals surface area (Å²) in [7, 11) is 0. The van der Waals surface area contributed by atoms with Gasteiger partial charge in [0.25, 0.3) is 5.91 Å². The molecule has 1 fully saturated rings. The van der Waals surface area contributed by atoms with Crippen molar-refractivity contribution in [2.75, 3.05) is 13.1 Å². The topological polar surface area (TPSA) is 71.0 Å². The first-order valence-corrected chi connectivity index (χ1v) is 9.75. The predicted octanol–water partition coefficient (Wildman–Crippen LogP) is 2.86. The average molecular weight is 386 g/mol. The average Bonchev–Trinajstić information content (AvgIpc) is 3.31. The smallest absolute Gasteiger partial charge is 0.339 e. The van der Waals surface area contributed by atoms with E-state index in [0.717, 1.165) is 23.7 Å². The molecule has 1 aromatic carbocycles. The van der Waals surface area contributed by atoms with E-state index in [2.05, 4.69) is 10.2 Å². The van der Waals surface area contributed by atoms with Gasteiger partial charge in [-0.2, -0.15) is 5.10 Å². The molecule has 4 rings (SSSR count). The first-order valence-electron chi connectivity index (χ1n) is 8.87. The fourth-order valence-electron chi connectivity index (χ4n) is 3.49. The molecule has 1 aliphatic rings. The Morgan fingerprint density at radius 3 is 2.78 bits per heavy atom. The number of hydrogen-bond acceptors (Lipinski definition) is 4. The summed E-state index contributed by atoms with van der Waals surface area (Å²) in [4.78, 5) is 26.4. The number of amides is 1. The third kappa shape index (κ3) is 3.71. The highest BCUT2D eigenvalue weighted by Gasteiger charge is 2.25. The van der Waals surface area contributed by atoms with Gasteiger partial charge in [-0.1, -0.05) is 6.07 Å². The number of carbonyl (C=O) groups excluding carboxylic acids is 1. The van der Waals surface area contributed by atoms with Crippen LogP contribution < -0.4 is 5.69 Å². The third-order valence-electron chi connectivity index (χ3n) is 4.91. The van der Waals surface area contributed by atoms with Crippen molar-refractivity contribution in [3.05, 3.63) is 69.5 Å². The maximum Gasteiger partial charge on any atom is 0.348 e. The Morgan fingerprint density at radius 1 is 1.26 bits per heavy atom. The van der Waals surface area contributed by atoms with Gasteiger partial charge in [0.15, 0.2) is 0 Å². The quantitative estimate of drug-likeness (QED) is 0.750. The molecule has 1 saturated heterocycles. The van der Waals surface area contributed by atoms with Crippen LogP contribution in [0.4, 0.5) is 4.39 Å². The SMILES string of the molecule is O=C(c1cccc(F)c1)N1CCC(Cc2n[nH]c(=O)n2-c2cccs2)CC1. The minimum Gasteiger partial charge on any atom is -0.339 e. The minimum absolute atomic E-state index is 0.136. The van der Waals surface area contributed by atoms with E-state index in [1.54, 1.807) is 21.6 Å². The molecule has 0 atom stereocenters. The fourth-order valence-corrected chi connectivity index (χ4v) is 4.24. The molecular formula is C19H19FN4O2S. The zero-order valence-corrected chi connectivity index (χ0v) is 15.4. The molecule has 140 valence electrons. The second-order valence-corrected chi connectivity index (χ2v) is 7.61. The Labute approximate surface area is 159 Å². The molecule has 0 bridgehead atoms. The van der Waals surface area contributed by atoms with Crippen molar-refractivity contribution < 1.29 is 9.18 Å². The standard InChI is InChI=1S/C19H19FN4O2S/c20-15-4-1-3-14(12-15)18(25)23-8-6-13(7-9-23)11-16-21-22-19(26)24(16)17-5-2-10-27-17/h1-5,10,12-13H,6-9,11H2,(H,22,26). The van der Waals surface area contributed by atoms with E-state index in [1.165, 1.54) is 23.5 Å². The van der Waals surface area contributed by atoms with Crippen LogP contribution in [0.15, 0.2) is 46.6 Å². The summed E-state index contributed by atoms with van der Waals surface area (Å²) < 4.78 is 15.0. The van der Waals surface area contributed by atoms with E-state index in [4.69, 9.17) is 0 Å². The van der Waals surface area contributed by atoms with Gasteiger partial charge in [0.05, 0.1) is 0 Å². The summed E-state index contributed by atoms with van der Waals surface area (Å²) in [5.41, 5.74) is 0.151. The lowest BCUT2D eigenvalue weighted by Crippen LogP contribution is -2.39. The number of aromatic nitrogens is 3. The number of nitrogens with zero attached hydrogens (tertiary/aromatic N) is 3. The van der Waals surface area contributed by atoms with Crippen molar-refractivity contribution in [3.8, 4) is 5.00 Å². The first kappa shape index (κ1) is 17.7. The number of rotatable bonds is 4. The van der Waals surface area contributed by atoms with Gasteiger partial charge in [-0.3, -0.25) is 4.79 Å². The van der Waals surface area contributed by atoms with E-state index < -0.39 is 5.82 Å². The zero-order valence-electron chi connectivity index (χ0n) is 14.6. The van der Waals surface area contributed by atoms with Crippen molar-refractivity contribution in [2.45, 2.75) is 19.3 Å². The molecule has 0 saturated carbocycles. The summed E-state index contributed by atoms with van der Waals surface area (Å²) >= 11 is 1.49. The number of H-pyrrole nitrogens is 1. The van der Waals surface area contributed by atoms with Crippen molar-refractivity contribution in [1.82, 2.24) is 19.7 Å². The van der Waals surface area contributed by atoms with Gasteiger partial charge in [-0.25, -0.2) is 18.9 Å². The molecule has 27 heavy (non-hydrogen) atoms. The van der Waals surface area contributed by atoms with Crippen molar-refractivity contribution in [2.24, 2.45) is 5.92 Å². The predicted molar refractivity (Wildman–Crippen MR) is 101 cm³/mol. The summed E-state index contributed by atoms with van der Waals surface area (Å²) in [5, 5.41) is 9.50. The Hall–Kier alpha value is -2.74. The molecule has 3 heterocycles. The van der Waals surface area contributed by atoms with Gasteiger partial charge in [-0.15, -0.1) is 11.3 Å². The monoisotopic (exact) mass is 386 g/mol. The molecule has 0 spiro atoms. The fraction of sp³-hybridized carbons (Fsp3) is 0.316. The number of hydrogen-bond donors (Lipinski definition) is 1. The molecule has 3 aromatic rings. The molecular weight excluding hydrogens is 367 g/mol. The lowest BCUT2D eigenvalue weighted by atomic mass is 9.93. The van der Waals surface area contributed by atoms with E-state index in [-0.39, 0.29) is 11.6 Å². The normalized spacial score (nSPS) is 15.2. The van der Waals surface area contributed by atoms with Crippen LogP contribution in [-0.4, -0.2) is 38.7 Å². The summed E-state index contributed by atoms with van der Waals surface area (Å²) in [6.45, 7) is 1.24. The Bertz CT molecular complexity index is 987. The number of nitrogens with one attached hydrogen (secondary N) is 1. The lowest BCUT2D eigenvalue weighted by molar-refractivity contribution is 0.0689. The maximum atomic E-state index is 13.3. The highest BCUT2D eigenvalue weighted by molar-refractivity contribution is 7.12. The maximum absolute atomic E-state index is 13.3. The van der Waals surface area contributed by atoms with Crippen LogP contribution in [-0.2, 0) is 6.42 Å². The molecule has 0 unspecified atom stereocenters. The molecule has 8 heteroatoms. The van der Waals surface area contributed by atoms with Gasteiger partial charge >= 0.3 is 5.69 Å². The van der Waals surface area contributed by atoms with E-state index in [9.17, 15) is 14.0 Å². The number of likely N-dealkylation sites (tertiary alicyclic amines) is 1. The Balaban J connectivity index is 1.41. The number of benzene rings is 1. The molecule has 0 radical (unpaired) electrons. The highest BCUT2D eigenvalue weighted by atomic mass is 32.1. The second kappa shape index (κ2) is 7.48. The highest BCUT2D eigenvalue weighted by Crippen LogP contribution is 2.23. The van der Waals surface area contributed by atoms with Crippen LogP contribution in [0.2, 0.25) is 0 Å². The number of aromatic amines is 1. The summed E-state index contributed by atoms with van der Waals surface area (Å²) in [6, 6.07) is 9.60. The zero-order chi connectivity index (χ0) is 18.8. The van der Waals surface area contributed by atoms with Crippen LogP contribution in [0, 0.1) is 11.7 Å². The lowest BCUT2D eigenvalue weighted by Gasteiger charge is -2.32. The number of carbonyl (C=O) groups is 1. The summed E-state index contributed by atoms with van der Waals surface area (Å²) in [5.74, 6) is 0.525. The molecule has 1 amide bonds. The van der Waals surface area contributed by atoms with Gasteiger partial charge in [0, 0.05) is 25.1 Å². The molecule has 1 N–H and O–H groups in total. The Morgan fingerprint density at radius 2 is 2.07 bits per heavy atom. The summed E-state index contributed by atoms with van der Waals surface area (Å²) in [6.07, 6.45) is 2.33. The minimum atomic E-state index is -0.402. The van der Waals surface area contributed by atoms with Crippen LogP contribution >= 0.6 is 11.3 Å². The van der Waals surface area contributed by atoms with Crippen LogP contribution in [0.25, 0.3) is 5.00 Å². The van der Waals surface area contributed by atoms with Gasteiger partial charge in [0.2, 0.25) is 0 Å². The number of halogens is 1. The third-order valence-corrected chi connectivity index (χ3v) is 5.77.